The Hall–Kier alpha value is -2.21. The Morgan fingerprint density at radius 2 is 1.93 bits per heavy atom. The number of nitrogens with one attached hydrogen (secondary N) is 1. The fourth-order valence-electron chi connectivity index (χ4n) is 4.20. The Labute approximate surface area is 160 Å². The number of hydrogen-bond donors (Lipinski definition) is 1. The molecule has 6 nitrogen and oxygen atoms in total. The van der Waals surface area contributed by atoms with E-state index in [1.807, 2.05) is 0 Å². The van der Waals surface area contributed by atoms with Gasteiger partial charge in [-0.1, -0.05) is 27.7 Å². The predicted molar refractivity (Wildman–Crippen MR) is 109 cm³/mol. The zero-order valence-electron chi connectivity index (χ0n) is 16.8. The highest BCUT2D eigenvalue weighted by Gasteiger charge is 2.26. The highest BCUT2D eigenvalue weighted by Crippen LogP contribution is 2.39. The number of hydrogen-bond acceptors (Lipinski definition) is 6. The van der Waals surface area contributed by atoms with Crippen molar-refractivity contribution >= 4 is 28.0 Å². The summed E-state index contributed by atoms with van der Waals surface area (Å²) in [5, 5.41) is 4.53. The van der Waals surface area contributed by atoms with Gasteiger partial charge >= 0.3 is 0 Å². The summed E-state index contributed by atoms with van der Waals surface area (Å²) >= 11 is 0. The van der Waals surface area contributed by atoms with Crippen molar-refractivity contribution in [3.8, 4) is 0 Å². The number of aryl methyl sites for hydroxylation is 1. The third-order valence-corrected chi connectivity index (χ3v) is 5.67. The molecule has 3 aromatic rings. The molecule has 0 saturated carbocycles. The van der Waals surface area contributed by atoms with Crippen LogP contribution in [0.3, 0.4) is 0 Å². The predicted octanol–water partition coefficient (Wildman–Crippen LogP) is 4.14. The minimum absolute atomic E-state index is 0.396. The number of furan rings is 1. The molecule has 1 aliphatic carbocycles. The van der Waals surface area contributed by atoms with Crippen LogP contribution in [0.15, 0.2) is 10.7 Å². The van der Waals surface area contributed by atoms with Crippen molar-refractivity contribution < 1.29 is 4.42 Å². The molecule has 0 aliphatic heterocycles. The zero-order chi connectivity index (χ0) is 19.0. The maximum Gasteiger partial charge on any atom is 0.229 e. The molecule has 0 fully saturated rings. The lowest BCUT2D eigenvalue weighted by atomic mass is 9.99. The van der Waals surface area contributed by atoms with Gasteiger partial charge in [0.05, 0.1) is 11.1 Å². The van der Waals surface area contributed by atoms with E-state index < -0.39 is 0 Å². The third kappa shape index (κ3) is 3.16. The molecule has 0 unspecified atom stereocenters. The van der Waals surface area contributed by atoms with E-state index in [0.717, 1.165) is 61.3 Å². The lowest BCUT2D eigenvalue weighted by molar-refractivity contribution is 0.316. The molecule has 0 radical (unpaired) electrons. The summed E-state index contributed by atoms with van der Waals surface area (Å²) in [6.07, 6.45) is 5.01. The molecular formula is C21H29N5O. The first-order valence-electron chi connectivity index (χ1n) is 10.2. The molecule has 0 amide bonds. The molecule has 6 heteroatoms. The normalized spacial score (nSPS) is 14.0. The molecule has 0 aromatic carbocycles. The Bertz CT molecular complexity index is 958. The second-order valence-corrected chi connectivity index (χ2v) is 7.60. The fraction of sp³-hybridized carbons (Fsp3) is 0.571. The van der Waals surface area contributed by atoms with E-state index in [-0.39, 0.29) is 0 Å². The van der Waals surface area contributed by atoms with E-state index in [1.54, 1.807) is 6.33 Å². The molecule has 0 spiro atoms. The topological polar surface area (TPSA) is 67.1 Å². The molecule has 144 valence electrons. The molecule has 4 rings (SSSR count). The molecule has 0 bridgehead atoms. The Morgan fingerprint density at radius 1 is 1.15 bits per heavy atom. The molecule has 27 heavy (non-hydrogen) atoms. The van der Waals surface area contributed by atoms with Crippen molar-refractivity contribution in [2.45, 2.75) is 52.9 Å². The second kappa shape index (κ2) is 7.43. The van der Waals surface area contributed by atoms with Crippen LogP contribution in [-0.4, -0.2) is 46.0 Å². The maximum absolute atomic E-state index is 6.20. The first kappa shape index (κ1) is 18.2. The monoisotopic (exact) mass is 367 g/mol. The van der Waals surface area contributed by atoms with Crippen LogP contribution in [0.4, 0.5) is 5.82 Å². The average Bonchev–Trinajstić information content (AvgIpc) is 3.28. The summed E-state index contributed by atoms with van der Waals surface area (Å²) in [5.74, 6) is 1.16. The molecule has 0 saturated heterocycles. The van der Waals surface area contributed by atoms with Crippen molar-refractivity contribution in [1.29, 1.82) is 0 Å². The first-order valence-corrected chi connectivity index (χ1v) is 10.2. The summed E-state index contributed by atoms with van der Waals surface area (Å²) in [6.45, 7) is 12.7. The van der Waals surface area contributed by atoms with Crippen molar-refractivity contribution in [3.05, 3.63) is 23.1 Å². The van der Waals surface area contributed by atoms with Gasteiger partial charge in [-0.25, -0.2) is 15.0 Å². The van der Waals surface area contributed by atoms with Gasteiger partial charge in [0.1, 0.15) is 11.8 Å². The number of aromatic nitrogens is 3. The molecule has 1 N–H and O–H groups in total. The number of rotatable bonds is 7. The van der Waals surface area contributed by atoms with Gasteiger partial charge in [0.2, 0.25) is 5.71 Å². The van der Waals surface area contributed by atoms with Gasteiger partial charge in [-0.05, 0) is 49.4 Å². The smallest absolute Gasteiger partial charge is 0.229 e. The van der Waals surface area contributed by atoms with Crippen molar-refractivity contribution in [2.24, 2.45) is 0 Å². The third-order valence-electron chi connectivity index (χ3n) is 5.67. The van der Waals surface area contributed by atoms with E-state index in [9.17, 15) is 0 Å². The van der Waals surface area contributed by atoms with Crippen molar-refractivity contribution in [2.75, 3.05) is 31.5 Å². The van der Waals surface area contributed by atoms with Crippen LogP contribution in [0, 0.1) is 0 Å². The van der Waals surface area contributed by atoms with Gasteiger partial charge in [-0.2, -0.15) is 0 Å². The summed E-state index contributed by atoms with van der Waals surface area (Å²) in [7, 11) is 0. The highest BCUT2D eigenvalue weighted by atomic mass is 16.3. The molecule has 3 aromatic heterocycles. The second-order valence-electron chi connectivity index (χ2n) is 7.60. The summed E-state index contributed by atoms with van der Waals surface area (Å²) in [5.41, 5.74) is 6.31. The quantitative estimate of drug-likeness (QED) is 0.677. The minimum Gasteiger partial charge on any atom is -0.432 e. The Kier molecular flexibility index (Phi) is 5.00. The lowest BCUT2D eigenvalue weighted by Gasteiger charge is -2.18. The van der Waals surface area contributed by atoms with E-state index in [0.29, 0.717) is 11.6 Å². The lowest BCUT2D eigenvalue weighted by Crippen LogP contribution is -2.28. The fourth-order valence-corrected chi connectivity index (χ4v) is 4.20. The van der Waals surface area contributed by atoms with E-state index in [4.69, 9.17) is 9.40 Å². The van der Waals surface area contributed by atoms with Gasteiger partial charge in [-0.3, -0.25) is 0 Å². The van der Waals surface area contributed by atoms with Gasteiger partial charge in [-0.15, -0.1) is 0 Å². The van der Waals surface area contributed by atoms with E-state index in [2.05, 4.69) is 47.9 Å². The average molecular weight is 367 g/mol. The molecule has 1 aliphatic rings. The van der Waals surface area contributed by atoms with Crippen LogP contribution in [-0.2, 0) is 12.8 Å². The number of likely N-dealkylation sites (N-methyl/N-ethyl adjacent to an activating group) is 1. The maximum atomic E-state index is 6.20. The number of pyridine rings is 1. The zero-order valence-corrected chi connectivity index (χ0v) is 16.8. The van der Waals surface area contributed by atoms with Crippen molar-refractivity contribution in [1.82, 2.24) is 19.9 Å². The van der Waals surface area contributed by atoms with Crippen LogP contribution in [0.1, 0.15) is 56.9 Å². The van der Waals surface area contributed by atoms with Crippen LogP contribution in [0.25, 0.3) is 22.2 Å². The van der Waals surface area contributed by atoms with Crippen LogP contribution in [0.5, 0.6) is 0 Å². The van der Waals surface area contributed by atoms with Gasteiger partial charge in [0.25, 0.3) is 0 Å². The minimum atomic E-state index is 0.396. The molecule has 0 atom stereocenters. The highest BCUT2D eigenvalue weighted by molar-refractivity contribution is 6.06. The largest absolute Gasteiger partial charge is 0.432 e. The Balaban J connectivity index is 1.76. The van der Waals surface area contributed by atoms with Crippen LogP contribution < -0.4 is 5.32 Å². The van der Waals surface area contributed by atoms with Gasteiger partial charge in [0, 0.05) is 13.1 Å². The number of fused-ring (bicyclic) bond motifs is 5. The molecular weight excluding hydrogens is 338 g/mol. The first-order chi connectivity index (χ1) is 13.1. The van der Waals surface area contributed by atoms with E-state index >= 15 is 0 Å². The van der Waals surface area contributed by atoms with Crippen LogP contribution in [0.2, 0.25) is 0 Å². The number of nitrogens with zero attached hydrogens (tertiary/aromatic N) is 4. The SMILES string of the molecule is CCN(CC)CCNc1ncnc2c1oc1nc(C(C)C)c3c(c12)CCC3. The van der Waals surface area contributed by atoms with Gasteiger partial charge < -0.3 is 14.6 Å². The number of anilines is 1. The standard InChI is InChI=1S/C21H29N5O/c1-5-26(6-2)11-10-22-20-19-18(23-12-24-20)16-14-8-7-9-15(14)17(13(3)4)25-21(16)27-19/h12-13H,5-11H2,1-4H3,(H,22,23,24). The summed E-state index contributed by atoms with van der Waals surface area (Å²) < 4.78 is 6.20. The summed E-state index contributed by atoms with van der Waals surface area (Å²) in [4.78, 5) is 16.3. The molecule has 3 heterocycles. The Morgan fingerprint density at radius 3 is 2.67 bits per heavy atom. The van der Waals surface area contributed by atoms with E-state index in [1.165, 1.54) is 23.2 Å². The van der Waals surface area contributed by atoms with Gasteiger partial charge in [0.15, 0.2) is 11.4 Å². The summed E-state index contributed by atoms with van der Waals surface area (Å²) in [6, 6.07) is 0. The van der Waals surface area contributed by atoms with Crippen LogP contribution >= 0.6 is 0 Å². The van der Waals surface area contributed by atoms with Crippen molar-refractivity contribution in [3.63, 3.8) is 0 Å².